The summed E-state index contributed by atoms with van der Waals surface area (Å²) in [7, 11) is 1.59. The van der Waals surface area contributed by atoms with Crippen LogP contribution in [0.5, 0.6) is 0 Å². The molecule has 33 heavy (non-hydrogen) atoms. The van der Waals surface area contributed by atoms with Crippen LogP contribution in [0.2, 0.25) is 0 Å². The first-order valence-electron chi connectivity index (χ1n) is 11.0. The van der Waals surface area contributed by atoms with Crippen molar-refractivity contribution in [1.82, 2.24) is 14.7 Å². The van der Waals surface area contributed by atoms with Crippen LogP contribution < -0.4 is 10.6 Å². The predicted molar refractivity (Wildman–Crippen MR) is 133 cm³/mol. The van der Waals surface area contributed by atoms with E-state index < -0.39 is 0 Å². The summed E-state index contributed by atoms with van der Waals surface area (Å²) in [6.07, 6.45) is 0. The normalized spacial score (nSPS) is 11.2. The number of hydrogen-bond acceptors (Lipinski definition) is 3. The molecule has 0 radical (unpaired) electrons. The quantitative estimate of drug-likeness (QED) is 0.564. The number of likely N-dealkylation sites (N-methyl/N-ethyl adjacent to an activating group) is 1. The number of carbonyl (C=O) groups is 2. The molecule has 1 heterocycles. The first-order chi connectivity index (χ1) is 15.5. The molecule has 0 spiro atoms. The highest BCUT2D eigenvalue weighted by atomic mass is 16.2. The zero-order valence-corrected chi connectivity index (χ0v) is 20.5. The SMILES string of the molecule is Cc1ccc(-n2nc(C(C)(C)C)cc2NC(=O)CN(C)C(=O)Nc2ccccc2C)c(C)c1. The van der Waals surface area contributed by atoms with Crippen molar-refractivity contribution >= 4 is 23.4 Å². The van der Waals surface area contributed by atoms with Crippen LogP contribution in [-0.4, -0.2) is 40.2 Å². The Bertz CT molecular complexity index is 1170. The first-order valence-corrected chi connectivity index (χ1v) is 11.0. The van der Waals surface area contributed by atoms with E-state index in [1.165, 1.54) is 4.90 Å². The summed E-state index contributed by atoms with van der Waals surface area (Å²) in [5, 5.41) is 10.6. The number of anilines is 2. The van der Waals surface area contributed by atoms with Crippen molar-refractivity contribution in [3.63, 3.8) is 0 Å². The molecule has 3 amide bonds. The second-order valence-corrected chi connectivity index (χ2v) is 9.52. The third-order valence-corrected chi connectivity index (χ3v) is 5.44. The maximum Gasteiger partial charge on any atom is 0.322 e. The van der Waals surface area contributed by atoms with E-state index in [2.05, 4.69) is 37.5 Å². The molecule has 1 aromatic heterocycles. The Morgan fingerprint density at radius 2 is 1.67 bits per heavy atom. The molecule has 0 unspecified atom stereocenters. The van der Waals surface area contributed by atoms with E-state index in [0.29, 0.717) is 5.82 Å². The topological polar surface area (TPSA) is 79.3 Å². The van der Waals surface area contributed by atoms with E-state index in [0.717, 1.165) is 33.8 Å². The van der Waals surface area contributed by atoms with Crippen LogP contribution in [0.1, 0.15) is 43.2 Å². The van der Waals surface area contributed by atoms with Crippen molar-refractivity contribution in [2.24, 2.45) is 0 Å². The Morgan fingerprint density at radius 1 is 0.970 bits per heavy atom. The van der Waals surface area contributed by atoms with Gasteiger partial charge in [-0.05, 0) is 44.0 Å². The number of nitrogens with zero attached hydrogens (tertiary/aromatic N) is 3. The van der Waals surface area contributed by atoms with Gasteiger partial charge in [0.2, 0.25) is 5.91 Å². The molecule has 0 fully saturated rings. The average molecular weight is 448 g/mol. The number of amides is 3. The zero-order chi connectivity index (χ0) is 24.3. The van der Waals surface area contributed by atoms with Gasteiger partial charge in [-0.25, -0.2) is 9.48 Å². The molecule has 3 rings (SSSR count). The highest BCUT2D eigenvalue weighted by Gasteiger charge is 2.23. The lowest BCUT2D eigenvalue weighted by Gasteiger charge is -2.19. The molecule has 0 atom stereocenters. The molecule has 174 valence electrons. The van der Waals surface area contributed by atoms with Crippen molar-refractivity contribution < 1.29 is 9.59 Å². The average Bonchev–Trinajstić information content (AvgIpc) is 3.13. The lowest BCUT2D eigenvalue weighted by molar-refractivity contribution is -0.116. The highest BCUT2D eigenvalue weighted by molar-refractivity contribution is 5.97. The minimum atomic E-state index is -0.349. The van der Waals surface area contributed by atoms with Gasteiger partial charge in [0.1, 0.15) is 12.4 Å². The second kappa shape index (κ2) is 9.48. The summed E-state index contributed by atoms with van der Waals surface area (Å²) in [4.78, 5) is 26.8. The molecule has 0 aliphatic rings. The molecule has 7 heteroatoms. The molecule has 0 bridgehead atoms. The van der Waals surface area contributed by atoms with E-state index >= 15 is 0 Å². The van der Waals surface area contributed by atoms with E-state index in [1.54, 1.807) is 11.7 Å². The van der Waals surface area contributed by atoms with Gasteiger partial charge in [0.25, 0.3) is 0 Å². The lowest BCUT2D eigenvalue weighted by atomic mass is 9.92. The highest BCUT2D eigenvalue weighted by Crippen LogP contribution is 2.27. The maximum absolute atomic E-state index is 12.9. The third kappa shape index (κ3) is 5.80. The lowest BCUT2D eigenvalue weighted by Crippen LogP contribution is -2.38. The van der Waals surface area contributed by atoms with Gasteiger partial charge in [0, 0.05) is 24.2 Å². The van der Waals surface area contributed by atoms with Gasteiger partial charge < -0.3 is 15.5 Å². The molecule has 0 saturated carbocycles. The number of rotatable bonds is 5. The third-order valence-electron chi connectivity index (χ3n) is 5.44. The number of hydrogen-bond donors (Lipinski definition) is 2. The zero-order valence-electron chi connectivity index (χ0n) is 20.5. The summed E-state index contributed by atoms with van der Waals surface area (Å²) in [5.74, 6) is 0.272. The van der Waals surface area contributed by atoms with Gasteiger partial charge in [-0.2, -0.15) is 5.10 Å². The minimum absolute atomic E-state index is 0.0966. The summed E-state index contributed by atoms with van der Waals surface area (Å²) in [5.41, 5.74) is 5.47. The van der Waals surface area contributed by atoms with Crippen molar-refractivity contribution in [2.45, 2.75) is 47.0 Å². The van der Waals surface area contributed by atoms with Gasteiger partial charge in [0.05, 0.1) is 11.4 Å². The van der Waals surface area contributed by atoms with Gasteiger partial charge in [-0.15, -0.1) is 0 Å². The van der Waals surface area contributed by atoms with Crippen LogP contribution in [0.25, 0.3) is 5.69 Å². The molecular formula is C26H33N5O2. The summed E-state index contributed by atoms with van der Waals surface area (Å²) in [6.45, 7) is 12.1. The fourth-order valence-corrected chi connectivity index (χ4v) is 3.46. The van der Waals surface area contributed by atoms with E-state index in [9.17, 15) is 9.59 Å². The molecule has 2 N–H and O–H groups in total. The van der Waals surface area contributed by atoms with Gasteiger partial charge in [-0.3, -0.25) is 4.79 Å². The molecule has 2 aromatic carbocycles. The van der Waals surface area contributed by atoms with Crippen molar-refractivity contribution in [2.75, 3.05) is 24.2 Å². The Morgan fingerprint density at radius 3 is 2.30 bits per heavy atom. The molecule has 0 saturated heterocycles. The fraction of sp³-hybridized carbons (Fsp3) is 0.346. The molecule has 7 nitrogen and oxygen atoms in total. The second-order valence-electron chi connectivity index (χ2n) is 9.52. The summed E-state index contributed by atoms with van der Waals surface area (Å²) < 4.78 is 1.76. The number of aromatic nitrogens is 2. The largest absolute Gasteiger partial charge is 0.322 e. The Balaban J connectivity index is 1.79. The molecular weight excluding hydrogens is 414 g/mol. The number of para-hydroxylation sites is 1. The molecule has 3 aromatic rings. The van der Waals surface area contributed by atoms with Crippen LogP contribution in [0.3, 0.4) is 0 Å². The summed E-state index contributed by atoms with van der Waals surface area (Å²) in [6, 6.07) is 15.2. The Labute approximate surface area is 195 Å². The van der Waals surface area contributed by atoms with Crippen LogP contribution in [0.15, 0.2) is 48.5 Å². The number of carbonyl (C=O) groups excluding carboxylic acids is 2. The van der Waals surface area contributed by atoms with E-state index in [-0.39, 0.29) is 23.9 Å². The first kappa shape index (κ1) is 24.0. The van der Waals surface area contributed by atoms with Crippen molar-refractivity contribution in [3.05, 3.63) is 70.9 Å². The van der Waals surface area contributed by atoms with Crippen LogP contribution in [0.4, 0.5) is 16.3 Å². The number of urea groups is 1. The standard InChI is InChI=1S/C26H33N5O2/c1-17-12-13-21(19(3)14-17)31-23(15-22(29-31)26(4,5)6)28-24(32)16-30(7)25(33)27-20-11-9-8-10-18(20)2/h8-15H,16H2,1-7H3,(H,27,33)(H,28,32). The van der Waals surface area contributed by atoms with Crippen molar-refractivity contribution in [1.29, 1.82) is 0 Å². The van der Waals surface area contributed by atoms with Crippen LogP contribution in [-0.2, 0) is 10.2 Å². The Kier molecular flexibility index (Phi) is 6.91. The molecule has 0 aliphatic carbocycles. The predicted octanol–water partition coefficient (Wildman–Crippen LogP) is 5.20. The maximum atomic E-state index is 12.9. The monoisotopic (exact) mass is 447 g/mol. The number of nitrogens with one attached hydrogen (secondary N) is 2. The molecule has 0 aliphatic heterocycles. The summed E-state index contributed by atoms with van der Waals surface area (Å²) >= 11 is 0. The van der Waals surface area contributed by atoms with E-state index in [4.69, 9.17) is 5.10 Å². The fourth-order valence-electron chi connectivity index (χ4n) is 3.46. The van der Waals surface area contributed by atoms with Gasteiger partial charge >= 0.3 is 6.03 Å². The van der Waals surface area contributed by atoms with Crippen LogP contribution >= 0.6 is 0 Å². The number of benzene rings is 2. The smallest absolute Gasteiger partial charge is 0.318 e. The van der Waals surface area contributed by atoms with Crippen LogP contribution in [0, 0.1) is 20.8 Å². The van der Waals surface area contributed by atoms with E-state index in [1.807, 2.05) is 63.2 Å². The Hall–Kier alpha value is -3.61. The minimum Gasteiger partial charge on any atom is -0.318 e. The van der Waals surface area contributed by atoms with Gasteiger partial charge in [0.15, 0.2) is 0 Å². The number of aryl methyl sites for hydroxylation is 3. The van der Waals surface area contributed by atoms with Gasteiger partial charge in [-0.1, -0.05) is 56.7 Å². The van der Waals surface area contributed by atoms with Crippen molar-refractivity contribution in [3.8, 4) is 5.69 Å².